The summed E-state index contributed by atoms with van der Waals surface area (Å²) in [5, 5.41) is 3.20. The van der Waals surface area contributed by atoms with Gasteiger partial charge in [-0.1, -0.05) is 24.3 Å². The van der Waals surface area contributed by atoms with Gasteiger partial charge in [-0.05, 0) is 33.6 Å². The number of hydrogen-bond donors (Lipinski definition) is 1. The van der Waals surface area contributed by atoms with Gasteiger partial charge >= 0.3 is 0 Å². The molecule has 1 aromatic carbocycles. The molecule has 0 saturated carbocycles. The molecule has 0 aromatic heterocycles. The Kier molecular flexibility index (Phi) is 2.00. The van der Waals surface area contributed by atoms with Gasteiger partial charge in [0.15, 0.2) is 0 Å². The topological polar surface area (TPSA) is 12.0 Å². The van der Waals surface area contributed by atoms with E-state index in [0.29, 0.717) is 0 Å². The molecule has 12 heavy (non-hydrogen) atoms. The summed E-state index contributed by atoms with van der Waals surface area (Å²) in [5.74, 6) is 0. The minimum Gasteiger partial charge on any atom is -0.360 e. The molecular weight excluding hydrogens is 214 g/mol. The van der Waals surface area contributed by atoms with Crippen molar-refractivity contribution in [2.45, 2.75) is 0 Å². The summed E-state index contributed by atoms with van der Waals surface area (Å²) in [7, 11) is 0. The molecule has 2 heteroatoms. The average Bonchev–Trinajstić information content (AvgIpc) is 2.29. The zero-order valence-corrected chi connectivity index (χ0v) is 8.01. The standard InChI is InChI=1S/C10H8BrN/c11-9-6-5-8-3-1-2-4-10(8)12-7-9/h1-7,12H. The van der Waals surface area contributed by atoms with Crippen LogP contribution in [0.25, 0.3) is 6.08 Å². The third kappa shape index (κ3) is 1.43. The fourth-order valence-corrected chi connectivity index (χ4v) is 1.38. The zero-order valence-electron chi connectivity index (χ0n) is 6.42. The first-order valence-corrected chi connectivity index (χ1v) is 4.55. The quantitative estimate of drug-likeness (QED) is 0.709. The van der Waals surface area contributed by atoms with E-state index in [2.05, 4.69) is 39.5 Å². The molecular formula is C10H8BrN. The Labute approximate surface area is 79.9 Å². The summed E-state index contributed by atoms with van der Waals surface area (Å²) in [6.07, 6.45) is 6.04. The lowest BCUT2D eigenvalue weighted by Crippen LogP contribution is -1.88. The highest BCUT2D eigenvalue weighted by atomic mass is 79.9. The maximum Gasteiger partial charge on any atom is 0.0453 e. The second-order valence-electron chi connectivity index (χ2n) is 2.59. The molecule has 0 atom stereocenters. The number of hydrogen-bond acceptors (Lipinski definition) is 1. The molecule has 0 amide bonds. The van der Waals surface area contributed by atoms with Crippen LogP contribution in [0.3, 0.4) is 0 Å². The van der Waals surface area contributed by atoms with Crippen LogP contribution < -0.4 is 5.32 Å². The number of anilines is 1. The zero-order chi connectivity index (χ0) is 8.39. The van der Waals surface area contributed by atoms with Crippen LogP contribution in [-0.2, 0) is 0 Å². The highest BCUT2D eigenvalue weighted by molar-refractivity contribution is 9.11. The van der Waals surface area contributed by atoms with Gasteiger partial charge in [-0.3, -0.25) is 0 Å². The van der Waals surface area contributed by atoms with Gasteiger partial charge in [0.1, 0.15) is 0 Å². The molecule has 0 unspecified atom stereocenters. The van der Waals surface area contributed by atoms with Crippen molar-refractivity contribution >= 4 is 27.7 Å². The van der Waals surface area contributed by atoms with E-state index in [1.807, 2.05) is 24.4 Å². The molecule has 1 N–H and O–H groups in total. The number of halogens is 1. The van der Waals surface area contributed by atoms with E-state index >= 15 is 0 Å². The molecule has 1 aromatic rings. The SMILES string of the molecule is BrC1=CNc2ccccc2C=C1. The summed E-state index contributed by atoms with van der Waals surface area (Å²) >= 11 is 3.41. The number of nitrogens with one attached hydrogen (secondary N) is 1. The monoisotopic (exact) mass is 221 g/mol. The predicted octanol–water partition coefficient (Wildman–Crippen LogP) is 3.36. The van der Waals surface area contributed by atoms with Gasteiger partial charge in [0.2, 0.25) is 0 Å². The first kappa shape index (κ1) is 7.62. The molecule has 0 fully saturated rings. The van der Waals surface area contributed by atoms with Crippen molar-refractivity contribution < 1.29 is 0 Å². The van der Waals surface area contributed by atoms with Gasteiger partial charge in [-0.15, -0.1) is 0 Å². The molecule has 0 aliphatic carbocycles. The molecule has 0 bridgehead atoms. The van der Waals surface area contributed by atoms with Crippen molar-refractivity contribution in [1.29, 1.82) is 0 Å². The van der Waals surface area contributed by atoms with E-state index < -0.39 is 0 Å². The number of benzene rings is 1. The molecule has 0 saturated heterocycles. The van der Waals surface area contributed by atoms with Gasteiger partial charge in [-0.2, -0.15) is 0 Å². The van der Waals surface area contributed by atoms with E-state index in [0.717, 1.165) is 10.2 Å². The second-order valence-corrected chi connectivity index (χ2v) is 3.51. The van der Waals surface area contributed by atoms with E-state index in [9.17, 15) is 0 Å². The Hall–Kier alpha value is -1.02. The van der Waals surface area contributed by atoms with Gasteiger partial charge in [0.05, 0.1) is 0 Å². The van der Waals surface area contributed by atoms with E-state index in [1.165, 1.54) is 5.56 Å². The van der Waals surface area contributed by atoms with Crippen molar-refractivity contribution in [2.24, 2.45) is 0 Å². The minimum absolute atomic E-state index is 1.05. The van der Waals surface area contributed by atoms with Crippen molar-refractivity contribution in [2.75, 3.05) is 5.32 Å². The highest BCUT2D eigenvalue weighted by Crippen LogP contribution is 2.22. The summed E-state index contributed by atoms with van der Waals surface area (Å²) < 4.78 is 1.05. The number of para-hydroxylation sites is 1. The fraction of sp³-hybridized carbons (Fsp3) is 0. The van der Waals surface area contributed by atoms with Crippen LogP contribution in [0.5, 0.6) is 0 Å². The molecule has 1 nitrogen and oxygen atoms in total. The lowest BCUT2D eigenvalue weighted by Gasteiger charge is -2.02. The van der Waals surface area contributed by atoms with Crippen LogP contribution >= 0.6 is 15.9 Å². The summed E-state index contributed by atoms with van der Waals surface area (Å²) in [6.45, 7) is 0. The predicted molar refractivity (Wildman–Crippen MR) is 56.1 cm³/mol. The summed E-state index contributed by atoms with van der Waals surface area (Å²) in [5.41, 5.74) is 2.35. The van der Waals surface area contributed by atoms with Crippen LogP contribution in [0.2, 0.25) is 0 Å². The number of fused-ring (bicyclic) bond motifs is 1. The molecule has 1 aliphatic rings. The first-order valence-electron chi connectivity index (χ1n) is 3.75. The Morgan fingerprint density at radius 2 is 1.92 bits per heavy atom. The Morgan fingerprint density at radius 3 is 2.83 bits per heavy atom. The van der Waals surface area contributed by atoms with Gasteiger partial charge in [0.25, 0.3) is 0 Å². The number of rotatable bonds is 0. The lowest BCUT2D eigenvalue weighted by atomic mass is 10.2. The van der Waals surface area contributed by atoms with E-state index in [-0.39, 0.29) is 0 Å². The Morgan fingerprint density at radius 1 is 1.08 bits per heavy atom. The molecule has 0 radical (unpaired) electrons. The van der Waals surface area contributed by atoms with Crippen LogP contribution in [0, 0.1) is 0 Å². The van der Waals surface area contributed by atoms with Gasteiger partial charge < -0.3 is 5.32 Å². The van der Waals surface area contributed by atoms with Crippen molar-refractivity contribution in [3.63, 3.8) is 0 Å². The molecule has 2 rings (SSSR count). The van der Waals surface area contributed by atoms with Crippen LogP contribution in [0.1, 0.15) is 5.56 Å². The normalized spacial score (nSPS) is 14.2. The highest BCUT2D eigenvalue weighted by Gasteiger charge is 1.99. The molecule has 60 valence electrons. The fourth-order valence-electron chi connectivity index (χ4n) is 1.14. The average molecular weight is 222 g/mol. The van der Waals surface area contributed by atoms with Crippen LogP contribution in [-0.4, -0.2) is 0 Å². The molecule has 0 spiro atoms. The van der Waals surface area contributed by atoms with E-state index in [1.54, 1.807) is 0 Å². The van der Waals surface area contributed by atoms with Crippen LogP contribution in [0.4, 0.5) is 5.69 Å². The number of allylic oxidation sites excluding steroid dienone is 2. The molecule has 1 heterocycles. The van der Waals surface area contributed by atoms with Crippen molar-refractivity contribution in [3.8, 4) is 0 Å². The van der Waals surface area contributed by atoms with Gasteiger partial charge in [0, 0.05) is 16.4 Å². The maximum absolute atomic E-state index is 3.41. The molecule has 1 aliphatic heterocycles. The smallest absolute Gasteiger partial charge is 0.0453 e. The van der Waals surface area contributed by atoms with E-state index in [4.69, 9.17) is 0 Å². The maximum atomic E-state index is 3.41. The second kappa shape index (κ2) is 3.15. The Balaban J connectivity index is 2.48. The first-order chi connectivity index (χ1) is 5.86. The summed E-state index contributed by atoms with van der Waals surface area (Å²) in [4.78, 5) is 0. The summed E-state index contributed by atoms with van der Waals surface area (Å²) in [6, 6.07) is 8.19. The van der Waals surface area contributed by atoms with Crippen molar-refractivity contribution in [3.05, 3.63) is 46.6 Å². The lowest BCUT2D eigenvalue weighted by molar-refractivity contribution is 1.57. The van der Waals surface area contributed by atoms with Gasteiger partial charge in [-0.25, -0.2) is 0 Å². The third-order valence-corrected chi connectivity index (χ3v) is 2.24. The Bertz CT molecular complexity index is 353. The minimum atomic E-state index is 1.05. The van der Waals surface area contributed by atoms with Crippen molar-refractivity contribution in [1.82, 2.24) is 0 Å². The largest absolute Gasteiger partial charge is 0.360 e. The van der Waals surface area contributed by atoms with Crippen LogP contribution in [0.15, 0.2) is 41.0 Å². The third-order valence-electron chi connectivity index (χ3n) is 1.75.